The van der Waals surface area contributed by atoms with Crippen molar-refractivity contribution in [1.29, 1.82) is 0 Å². The van der Waals surface area contributed by atoms with Gasteiger partial charge >= 0.3 is 29.8 Å². The van der Waals surface area contributed by atoms with Gasteiger partial charge in [-0.05, 0) is 132 Å². The quantitative estimate of drug-likeness (QED) is 0.0234. The van der Waals surface area contributed by atoms with Crippen molar-refractivity contribution in [2.24, 2.45) is 23.0 Å². The summed E-state index contributed by atoms with van der Waals surface area (Å²) in [4.78, 5) is 206. The SMILES string of the molecule is CC(C)(CC(=O)[C@@H](N)Cc1cnc[nH]1)C(=O)CN[C@@H](CCCCNC(=O)COCCOCCCC(=O)COCCOCCNC(=O)CC[C@H](CC(=O)CCCCCCCCCCCOc1ccc(C(=O)O)cc1)C(=O)O)C(=O)C[C@@H](CCCCNC(=O)COCCOCCNC(=O)COCCOCCCC(=O)CC[C@H](NC(=O)CCCCCCCCCCCOc1ccc(C(=O)O)cc1)C(=O)O)C(=O)O. The molecule has 788 valence electrons. The molecule has 0 aliphatic rings. The number of hydrogen-bond acceptors (Lipinski definition) is 29. The number of nitrogens with one attached hydrogen (secondary N) is 7. The van der Waals surface area contributed by atoms with E-state index in [1.54, 1.807) is 44.3 Å². The van der Waals surface area contributed by atoms with Crippen molar-refractivity contribution < 1.29 is 150 Å². The Morgan fingerprint density at radius 1 is 0.364 bits per heavy atom. The highest BCUT2D eigenvalue weighted by molar-refractivity contribution is 5.95. The number of carboxylic acid groups (broad SMARTS) is 5. The zero-order valence-corrected chi connectivity index (χ0v) is 82.2. The van der Waals surface area contributed by atoms with Gasteiger partial charge in [-0.25, -0.2) is 19.4 Å². The highest BCUT2D eigenvalue weighted by Crippen LogP contribution is 2.26. The molecule has 1 heterocycles. The lowest BCUT2D eigenvalue weighted by Gasteiger charge is -2.26. The fraction of sp³-hybridized carbons (Fsp3) is 0.690. The summed E-state index contributed by atoms with van der Waals surface area (Å²) >= 11 is 0. The molecule has 1 aromatic heterocycles. The Labute approximate surface area is 821 Å². The van der Waals surface area contributed by atoms with E-state index in [0.717, 1.165) is 103 Å². The van der Waals surface area contributed by atoms with Gasteiger partial charge in [0, 0.05) is 121 Å². The van der Waals surface area contributed by atoms with E-state index in [2.05, 4.69) is 41.9 Å². The number of imidazole rings is 1. The third kappa shape index (κ3) is 65.6. The molecular weight excluding hydrogens is 1820 g/mol. The Balaban J connectivity index is 1.18. The molecular formula is C100H157N9O31. The summed E-state index contributed by atoms with van der Waals surface area (Å²) in [6, 6.07) is 9.64. The summed E-state index contributed by atoms with van der Waals surface area (Å²) in [5.74, 6) is -9.75. The number of aromatic carboxylic acids is 2. The van der Waals surface area contributed by atoms with Crippen LogP contribution >= 0.6 is 0 Å². The number of aromatic nitrogens is 2. The summed E-state index contributed by atoms with van der Waals surface area (Å²) in [5.41, 5.74) is 6.09. The van der Waals surface area contributed by atoms with Crippen molar-refractivity contribution in [1.82, 2.24) is 41.9 Å². The van der Waals surface area contributed by atoms with E-state index in [0.29, 0.717) is 88.2 Å². The van der Waals surface area contributed by atoms with Crippen LogP contribution in [0, 0.1) is 17.3 Å². The van der Waals surface area contributed by atoms with Gasteiger partial charge in [0.15, 0.2) is 23.1 Å². The highest BCUT2D eigenvalue weighted by Gasteiger charge is 2.34. The highest BCUT2D eigenvalue weighted by atomic mass is 16.5. The average Bonchev–Trinajstić information content (AvgIpc) is 1.13. The molecule has 40 nitrogen and oxygen atoms in total. The van der Waals surface area contributed by atoms with E-state index in [9.17, 15) is 92.0 Å². The number of rotatable bonds is 96. The monoisotopic (exact) mass is 1980 g/mol. The Hall–Kier alpha value is -10.4. The third-order valence-corrected chi connectivity index (χ3v) is 22.9. The first-order valence-corrected chi connectivity index (χ1v) is 49.6. The molecule has 140 heavy (non-hydrogen) atoms. The molecule has 0 bridgehead atoms. The van der Waals surface area contributed by atoms with Gasteiger partial charge in [0.2, 0.25) is 29.5 Å². The summed E-state index contributed by atoms with van der Waals surface area (Å²) in [6.07, 6.45) is 23.5. The third-order valence-electron chi connectivity index (χ3n) is 22.9. The number of nitrogens with zero attached hydrogens (tertiary/aromatic N) is 1. The zero-order valence-electron chi connectivity index (χ0n) is 82.2. The van der Waals surface area contributed by atoms with Crippen molar-refractivity contribution in [3.63, 3.8) is 0 Å². The van der Waals surface area contributed by atoms with Crippen LogP contribution < -0.4 is 47.1 Å². The summed E-state index contributed by atoms with van der Waals surface area (Å²) in [5, 5.41) is 64.0. The molecule has 0 aliphatic carbocycles. The number of hydrogen-bond donors (Lipinski definition) is 13. The van der Waals surface area contributed by atoms with Crippen molar-refractivity contribution in [2.75, 3.05) is 152 Å². The van der Waals surface area contributed by atoms with Gasteiger partial charge in [0.05, 0.1) is 127 Å². The summed E-state index contributed by atoms with van der Waals surface area (Å²) in [6.45, 7) is 5.77. The maximum Gasteiger partial charge on any atom is 0.335 e. The Morgan fingerprint density at radius 3 is 1.26 bits per heavy atom. The van der Waals surface area contributed by atoms with E-state index < -0.39 is 82.8 Å². The predicted molar refractivity (Wildman–Crippen MR) is 515 cm³/mol. The van der Waals surface area contributed by atoms with Crippen molar-refractivity contribution >= 4 is 94.1 Å². The van der Waals surface area contributed by atoms with Crippen LogP contribution in [0.25, 0.3) is 0 Å². The van der Waals surface area contributed by atoms with Crippen LogP contribution in [0.3, 0.4) is 0 Å². The predicted octanol–water partition coefficient (Wildman–Crippen LogP) is 9.24. The molecule has 0 saturated heterocycles. The average molecular weight is 1980 g/mol. The maximum atomic E-state index is 14.0. The topological polar surface area (TPSA) is 593 Å². The van der Waals surface area contributed by atoms with E-state index >= 15 is 0 Å². The number of ether oxygens (including phenoxy) is 10. The van der Waals surface area contributed by atoms with Crippen LogP contribution in [0.2, 0.25) is 0 Å². The van der Waals surface area contributed by atoms with Crippen LogP contribution in [0.5, 0.6) is 11.5 Å². The van der Waals surface area contributed by atoms with E-state index in [1.165, 1.54) is 30.6 Å². The van der Waals surface area contributed by atoms with E-state index in [4.69, 9.17) is 63.3 Å². The Bertz CT molecular complexity index is 4040. The molecule has 2 aromatic carbocycles. The zero-order chi connectivity index (χ0) is 102. The van der Waals surface area contributed by atoms with Gasteiger partial charge in [0.25, 0.3) is 0 Å². The first-order valence-electron chi connectivity index (χ1n) is 49.6. The maximum absolute atomic E-state index is 14.0. The minimum atomic E-state index is -1.20. The molecule has 0 fully saturated rings. The number of H-pyrrole nitrogens is 1. The molecule has 5 atom stereocenters. The molecule has 0 aliphatic heterocycles. The Kier molecular flexibility index (Phi) is 70.0. The number of amides is 5. The molecule has 14 N–H and O–H groups in total. The van der Waals surface area contributed by atoms with Crippen LogP contribution in [-0.2, 0) is 111 Å². The molecule has 40 heteroatoms. The smallest absolute Gasteiger partial charge is 0.335 e. The van der Waals surface area contributed by atoms with E-state index in [-0.39, 0.29) is 280 Å². The standard InChI is InChI=1S/C100H157N9O31/c1-100(2,66-88(114)84(101)65-78-67-102-73-108-78)89(115)68-107-85(31-20-22-46-104-93(119)70-136-60-56-132-50-26-30-81(112)69-135-59-57-133-53-47-105-90(116)44-37-77(98(127)128)63-80(111)28-17-13-9-5-3-7-11-15-23-51-139-82-39-33-74(34-40-82)95(121)122)87(113)64-76(97(125)126)27-19-21-45-103-92(118)71-138-62-58-134-54-48-106-94(120)72-137-61-55-131-49-25-29-79(110)38-43-86(99(129)130)109-91(117)32-18-14-10-6-4-8-12-16-24-52-140-83-41-35-75(36-42-83)96(123)124/h33-36,39-42,67,73,76-77,84-86,107H,3-32,37-38,43-66,68-72,101H2,1-2H3,(H,102,108)(H,103,118)(H,104,119)(H,105,116)(H,106,120)(H,109,117)(H,121,122)(H,123,124)(H,125,126)(H,127,128)(H,129,130)/t76-,77-,84+,85+,86+/m1/s1. The number of aromatic amines is 1. The number of carbonyl (C=O) groups is 16. The lowest BCUT2D eigenvalue weighted by atomic mass is 9.81. The lowest BCUT2D eigenvalue weighted by Crippen LogP contribution is -2.45. The second-order valence-electron chi connectivity index (χ2n) is 35.3. The van der Waals surface area contributed by atoms with Crippen LogP contribution in [0.4, 0.5) is 0 Å². The molecule has 3 rings (SSSR count). The van der Waals surface area contributed by atoms with Crippen molar-refractivity contribution in [3.05, 3.63) is 77.9 Å². The summed E-state index contributed by atoms with van der Waals surface area (Å²) in [7, 11) is 0. The second-order valence-corrected chi connectivity index (χ2v) is 35.3. The van der Waals surface area contributed by atoms with Gasteiger partial charge in [-0.2, -0.15) is 0 Å². The molecule has 0 spiro atoms. The van der Waals surface area contributed by atoms with Gasteiger partial charge < -0.3 is 116 Å². The molecule has 3 aromatic rings. The fourth-order valence-electron chi connectivity index (χ4n) is 14.5. The van der Waals surface area contributed by atoms with Crippen LogP contribution in [0.15, 0.2) is 61.1 Å². The lowest BCUT2D eigenvalue weighted by molar-refractivity contribution is -0.144. The molecule has 5 amide bonds. The van der Waals surface area contributed by atoms with Gasteiger partial charge in [0.1, 0.15) is 55.5 Å². The molecule has 0 radical (unpaired) electrons. The Morgan fingerprint density at radius 2 is 0.786 bits per heavy atom. The number of ketones is 6. The fourth-order valence-corrected chi connectivity index (χ4v) is 14.5. The first-order chi connectivity index (χ1) is 67.4. The number of carboxylic acids is 5. The minimum Gasteiger partial charge on any atom is -0.494 e. The normalized spacial score (nSPS) is 12.4. The summed E-state index contributed by atoms with van der Waals surface area (Å²) < 4.78 is 55.0. The largest absolute Gasteiger partial charge is 0.494 e. The van der Waals surface area contributed by atoms with Crippen molar-refractivity contribution in [2.45, 2.75) is 276 Å². The van der Waals surface area contributed by atoms with Crippen molar-refractivity contribution in [3.8, 4) is 11.5 Å². The van der Waals surface area contributed by atoms with E-state index in [1.807, 2.05) is 0 Å². The van der Waals surface area contributed by atoms with Gasteiger partial charge in [-0.3, -0.25) is 62.3 Å². The molecule has 0 saturated carbocycles. The number of carbonyl (C=O) groups excluding carboxylic acids is 11. The number of aliphatic carboxylic acids is 3. The van der Waals surface area contributed by atoms with Gasteiger partial charge in [-0.1, -0.05) is 110 Å². The number of Topliss-reactive ketones (excluding diaryl/α,β-unsaturated/α-hetero) is 6. The molecule has 0 unspecified atom stereocenters. The first kappa shape index (κ1) is 124. The minimum absolute atomic E-state index is 0.0127. The second kappa shape index (κ2) is 79.2. The number of nitrogens with two attached hydrogens (primary N) is 1. The number of unbranched alkanes of at least 4 members (excludes halogenated alkanes) is 18. The van der Waals surface area contributed by atoms with Crippen LogP contribution in [0.1, 0.15) is 278 Å². The number of benzene rings is 2. The van der Waals surface area contributed by atoms with Gasteiger partial charge in [-0.15, -0.1) is 0 Å². The van der Waals surface area contributed by atoms with Crippen LogP contribution in [-0.4, -0.2) is 299 Å².